The molecule has 0 aromatic rings. The van der Waals surface area contributed by atoms with Crippen LogP contribution in [0.5, 0.6) is 0 Å². The summed E-state index contributed by atoms with van der Waals surface area (Å²) in [5, 5.41) is 10.2. The van der Waals surface area contributed by atoms with E-state index in [0.29, 0.717) is 19.3 Å². The number of hydrogen-bond acceptors (Lipinski definition) is 9. The van der Waals surface area contributed by atoms with Crippen molar-refractivity contribution in [1.82, 2.24) is 0 Å². The number of carbonyl (C=O) groups excluding carboxylic acids is 2. The summed E-state index contributed by atoms with van der Waals surface area (Å²) in [5.74, 6) is -1.06. The van der Waals surface area contributed by atoms with E-state index in [0.717, 1.165) is 64.2 Å². The third kappa shape index (κ3) is 33.9. The topological polar surface area (TPSA) is 155 Å². The summed E-state index contributed by atoms with van der Waals surface area (Å²) in [6.45, 7) is 3.30. The summed E-state index contributed by atoms with van der Waals surface area (Å²) in [6.07, 6.45) is 36.9. The van der Waals surface area contributed by atoms with E-state index in [-0.39, 0.29) is 32.6 Å². The molecule has 0 radical (unpaired) electrons. The fourth-order valence-corrected chi connectivity index (χ4v) is 5.17. The van der Waals surface area contributed by atoms with Crippen LogP contribution in [-0.2, 0) is 32.7 Å². The molecule has 0 spiro atoms. The normalized spacial score (nSPS) is 14.9. The lowest BCUT2D eigenvalue weighted by molar-refractivity contribution is -0.161. The molecule has 11 heteroatoms. The number of carbonyl (C=O) groups is 2. The Morgan fingerprint density at radius 3 is 2.02 bits per heavy atom. The lowest BCUT2D eigenvalue weighted by atomic mass is 10.1. The van der Waals surface area contributed by atoms with Crippen LogP contribution in [0.25, 0.3) is 0 Å². The molecule has 0 fully saturated rings. The van der Waals surface area contributed by atoms with E-state index in [9.17, 15) is 24.2 Å². The number of phosphoric ester groups is 1. The lowest BCUT2D eigenvalue weighted by Gasteiger charge is -2.20. The zero-order valence-corrected chi connectivity index (χ0v) is 31.6. The van der Waals surface area contributed by atoms with Crippen LogP contribution < -0.4 is 5.73 Å². The fourth-order valence-electron chi connectivity index (χ4n) is 4.41. The molecule has 0 amide bonds. The van der Waals surface area contributed by atoms with Crippen LogP contribution in [0, 0.1) is 0 Å². The van der Waals surface area contributed by atoms with Gasteiger partial charge in [-0.05, 0) is 64.2 Å². The second kappa shape index (κ2) is 34.8. The Labute approximate surface area is 302 Å². The molecule has 0 heterocycles. The first-order valence-corrected chi connectivity index (χ1v) is 20.0. The standard InChI is InChI=1S/C39H66NO9P/c1-3-5-7-9-11-13-15-16-18-19-21-23-25-28-36(41)29-27-31-38(42)46-34-37(35-48-50(44,45)47-33-32-40)49-39(43)30-26-24-22-20-17-14-12-10-8-6-4-2/h5,7,10-13,16,18,21,23,25,28,36-37,41H,3-4,6,8-9,14-15,17,19-20,22,24,26-27,29-35,40H2,1-2H3,(H,44,45)/b7-5-,12-10-,13-11-,18-16-,23-21-,28-25+/t36?,37-/m1/s1. The molecule has 3 atom stereocenters. The van der Waals surface area contributed by atoms with Gasteiger partial charge in [-0.2, -0.15) is 0 Å². The third-order valence-electron chi connectivity index (χ3n) is 7.18. The predicted octanol–water partition coefficient (Wildman–Crippen LogP) is 8.90. The van der Waals surface area contributed by atoms with Crippen molar-refractivity contribution < 1.29 is 42.7 Å². The van der Waals surface area contributed by atoms with Crippen molar-refractivity contribution in [3.05, 3.63) is 72.9 Å². The number of aliphatic hydroxyl groups excluding tert-OH is 1. The van der Waals surface area contributed by atoms with Crippen molar-refractivity contribution >= 4 is 19.8 Å². The van der Waals surface area contributed by atoms with E-state index in [1.54, 1.807) is 12.2 Å². The van der Waals surface area contributed by atoms with Crippen LogP contribution in [0.4, 0.5) is 0 Å². The molecular weight excluding hydrogens is 657 g/mol. The molecule has 0 rings (SSSR count). The zero-order valence-electron chi connectivity index (χ0n) is 30.7. The summed E-state index contributed by atoms with van der Waals surface area (Å²) >= 11 is 0. The monoisotopic (exact) mass is 723 g/mol. The van der Waals surface area contributed by atoms with Crippen molar-refractivity contribution in [2.45, 2.75) is 135 Å². The molecule has 0 aliphatic carbocycles. The van der Waals surface area contributed by atoms with E-state index in [1.165, 1.54) is 12.8 Å². The molecule has 0 aliphatic heterocycles. The van der Waals surface area contributed by atoms with Crippen LogP contribution in [0.2, 0.25) is 0 Å². The van der Waals surface area contributed by atoms with Gasteiger partial charge >= 0.3 is 19.8 Å². The predicted molar refractivity (Wildman–Crippen MR) is 202 cm³/mol. The number of nitrogens with two attached hydrogens (primary N) is 1. The smallest absolute Gasteiger partial charge is 0.462 e. The average molecular weight is 724 g/mol. The van der Waals surface area contributed by atoms with E-state index >= 15 is 0 Å². The Bertz CT molecular complexity index is 1070. The maximum absolute atomic E-state index is 12.5. The highest BCUT2D eigenvalue weighted by Gasteiger charge is 2.26. The molecule has 286 valence electrons. The van der Waals surface area contributed by atoms with Crippen LogP contribution in [0.3, 0.4) is 0 Å². The Morgan fingerprint density at radius 1 is 0.720 bits per heavy atom. The minimum atomic E-state index is -4.42. The van der Waals surface area contributed by atoms with Gasteiger partial charge in [-0.15, -0.1) is 0 Å². The van der Waals surface area contributed by atoms with E-state index in [2.05, 4.69) is 62.5 Å². The summed E-state index contributed by atoms with van der Waals surface area (Å²) in [6, 6.07) is 0. The third-order valence-corrected chi connectivity index (χ3v) is 8.16. The van der Waals surface area contributed by atoms with Gasteiger partial charge in [0.15, 0.2) is 6.10 Å². The Hall–Kier alpha value is -2.59. The van der Waals surface area contributed by atoms with Crippen molar-refractivity contribution in [2.24, 2.45) is 5.73 Å². The van der Waals surface area contributed by atoms with E-state index in [1.807, 2.05) is 12.2 Å². The highest BCUT2D eigenvalue weighted by molar-refractivity contribution is 7.47. The zero-order chi connectivity index (χ0) is 37.0. The minimum Gasteiger partial charge on any atom is -0.462 e. The first-order valence-electron chi connectivity index (χ1n) is 18.5. The maximum Gasteiger partial charge on any atom is 0.472 e. The van der Waals surface area contributed by atoms with E-state index < -0.39 is 38.6 Å². The number of allylic oxidation sites excluding steroid dienone is 11. The molecule has 0 aliphatic rings. The molecule has 0 saturated carbocycles. The highest BCUT2D eigenvalue weighted by atomic mass is 31.2. The molecular formula is C39H66NO9P. The van der Waals surface area contributed by atoms with Gasteiger partial charge in [0, 0.05) is 19.4 Å². The molecule has 0 aromatic carbocycles. The highest BCUT2D eigenvalue weighted by Crippen LogP contribution is 2.43. The van der Waals surface area contributed by atoms with Gasteiger partial charge in [-0.1, -0.05) is 119 Å². The number of rotatable bonds is 33. The average Bonchev–Trinajstić information content (AvgIpc) is 3.09. The SMILES string of the molecule is CC/C=C\C/C=C\C/C=C\C/C=C\C=C\C(O)CCCC(=O)OC[C@H](COP(=O)(O)OCCN)OC(=O)CCCCCCC/C=C\CCCC. The number of hydrogen-bond donors (Lipinski definition) is 3. The second-order valence-corrected chi connectivity index (χ2v) is 13.4. The molecule has 2 unspecified atom stereocenters. The van der Waals surface area contributed by atoms with Gasteiger partial charge in [-0.25, -0.2) is 4.57 Å². The number of aliphatic hydroxyl groups is 1. The first-order chi connectivity index (χ1) is 24.2. The van der Waals surface area contributed by atoms with Crippen molar-refractivity contribution in [2.75, 3.05) is 26.4 Å². The molecule has 0 aromatic heterocycles. The summed E-state index contributed by atoms with van der Waals surface area (Å²) in [4.78, 5) is 34.7. The number of unbranched alkanes of at least 4 members (excludes halogenated alkanes) is 7. The molecule has 50 heavy (non-hydrogen) atoms. The van der Waals surface area contributed by atoms with Crippen molar-refractivity contribution in [1.29, 1.82) is 0 Å². The summed E-state index contributed by atoms with van der Waals surface area (Å²) < 4.78 is 32.4. The van der Waals surface area contributed by atoms with E-state index in [4.69, 9.17) is 24.3 Å². The molecule has 0 saturated heterocycles. The van der Waals surface area contributed by atoms with Gasteiger partial charge < -0.3 is 25.2 Å². The van der Waals surface area contributed by atoms with Gasteiger partial charge in [-0.3, -0.25) is 18.6 Å². The Kier molecular flexibility index (Phi) is 33.0. The molecule has 4 N–H and O–H groups in total. The summed E-state index contributed by atoms with van der Waals surface area (Å²) in [7, 11) is -4.42. The van der Waals surface area contributed by atoms with Crippen molar-refractivity contribution in [3.8, 4) is 0 Å². The number of ether oxygens (including phenoxy) is 2. The number of phosphoric acid groups is 1. The van der Waals surface area contributed by atoms with Gasteiger partial charge in [0.2, 0.25) is 0 Å². The van der Waals surface area contributed by atoms with Crippen LogP contribution >= 0.6 is 7.82 Å². The Balaban J connectivity index is 4.47. The van der Waals surface area contributed by atoms with Gasteiger partial charge in [0.1, 0.15) is 6.61 Å². The van der Waals surface area contributed by atoms with Crippen LogP contribution in [0.15, 0.2) is 72.9 Å². The van der Waals surface area contributed by atoms with Crippen molar-refractivity contribution in [3.63, 3.8) is 0 Å². The lowest BCUT2D eigenvalue weighted by Crippen LogP contribution is -2.29. The molecule has 0 bridgehead atoms. The van der Waals surface area contributed by atoms with Crippen LogP contribution in [0.1, 0.15) is 123 Å². The second-order valence-electron chi connectivity index (χ2n) is 11.9. The quantitative estimate of drug-likeness (QED) is 0.0197. The van der Waals surface area contributed by atoms with Gasteiger partial charge in [0.25, 0.3) is 0 Å². The maximum atomic E-state index is 12.5. The van der Waals surface area contributed by atoms with Gasteiger partial charge in [0.05, 0.1) is 19.3 Å². The Morgan fingerprint density at radius 2 is 1.34 bits per heavy atom. The number of esters is 2. The molecule has 10 nitrogen and oxygen atoms in total. The fraction of sp³-hybridized carbons (Fsp3) is 0.641. The minimum absolute atomic E-state index is 0.0223. The summed E-state index contributed by atoms with van der Waals surface area (Å²) in [5.41, 5.74) is 5.31. The first kappa shape index (κ1) is 47.4. The largest absolute Gasteiger partial charge is 0.472 e. The van der Waals surface area contributed by atoms with Crippen LogP contribution in [-0.4, -0.2) is 60.5 Å².